The number of hydrogen-bond acceptors (Lipinski definition) is 2. The minimum atomic E-state index is -0.501. The summed E-state index contributed by atoms with van der Waals surface area (Å²) in [5, 5.41) is 0.779. The monoisotopic (exact) mass is 431 g/mol. The smallest absolute Gasteiger partial charge is 0.255 e. The topological polar surface area (TPSA) is 56.4 Å². The van der Waals surface area contributed by atoms with E-state index in [4.69, 9.17) is 11.6 Å². The summed E-state index contributed by atoms with van der Waals surface area (Å²) in [4.78, 5) is 32.0. The number of piperazine rings is 1. The number of halogens is 3. The molecule has 0 aliphatic carbocycles. The molecule has 1 fully saturated rings. The van der Waals surface area contributed by atoms with Crippen molar-refractivity contribution in [2.75, 3.05) is 26.2 Å². The summed E-state index contributed by atoms with van der Waals surface area (Å²) in [7, 11) is 0. The molecule has 1 saturated heterocycles. The van der Waals surface area contributed by atoms with Crippen molar-refractivity contribution >= 4 is 34.3 Å². The van der Waals surface area contributed by atoms with Crippen LogP contribution in [0.15, 0.2) is 36.4 Å². The zero-order valence-electron chi connectivity index (χ0n) is 16.3. The van der Waals surface area contributed by atoms with Crippen LogP contribution in [0.3, 0.4) is 0 Å². The lowest BCUT2D eigenvalue weighted by atomic mass is 10.1. The maximum absolute atomic E-state index is 13.7. The van der Waals surface area contributed by atoms with Crippen LogP contribution in [0.1, 0.15) is 21.6 Å². The van der Waals surface area contributed by atoms with Gasteiger partial charge in [-0.25, -0.2) is 8.78 Å². The van der Waals surface area contributed by atoms with Crippen molar-refractivity contribution in [1.29, 1.82) is 0 Å². The fraction of sp³-hybridized carbons (Fsp3) is 0.273. The molecule has 0 radical (unpaired) electrons. The molecule has 1 aliphatic rings. The van der Waals surface area contributed by atoms with E-state index < -0.39 is 5.82 Å². The molecule has 1 aliphatic heterocycles. The van der Waals surface area contributed by atoms with Gasteiger partial charge in [-0.1, -0.05) is 11.6 Å². The molecule has 2 aromatic carbocycles. The van der Waals surface area contributed by atoms with E-state index >= 15 is 0 Å². The molecule has 0 bridgehead atoms. The molecule has 1 aromatic heterocycles. The first kappa shape index (κ1) is 20.3. The summed E-state index contributed by atoms with van der Waals surface area (Å²) >= 11 is 5.99. The van der Waals surface area contributed by atoms with Gasteiger partial charge in [0.25, 0.3) is 5.91 Å². The lowest BCUT2D eigenvalue weighted by molar-refractivity contribution is -0.131. The van der Waals surface area contributed by atoms with Gasteiger partial charge in [-0.15, -0.1) is 0 Å². The number of nitrogens with zero attached hydrogens (tertiary/aromatic N) is 2. The summed E-state index contributed by atoms with van der Waals surface area (Å²) in [5.74, 6) is -1.20. The lowest BCUT2D eigenvalue weighted by Crippen LogP contribution is -2.51. The Kier molecular flexibility index (Phi) is 5.47. The third kappa shape index (κ3) is 3.89. The fourth-order valence-electron chi connectivity index (χ4n) is 3.84. The van der Waals surface area contributed by atoms with Crippen LogP contribution in [0.2, 0.25) is 5.02 Å². The van der Waals surface area contributed by atoms with Crippen LogP contribution in [-0.4, -0.2) is 52.8 Å². The van der Waals surface area contributed by atoms with Crippen LogP contribution in [-0.2, 0) is 11.2 Å². The second kappa shape index (κ2) is 8.07. The second-order valence-corrected chi connectivity index (χ2v) is 7.80. The van der Waals surface area contributed by atoms with Gasteiger partial charge in [-0.3, -0.25) is 9.59 Å². The van der Waals surface area contributed by atoms with Crippen LogP contribution in [0.4, 0.5) is 8.78 Å². The third-order valence-electron chi connectivity index (χ3n) is 5.49. The Bertz CT molecular complexity index is 1140. The van der Waals surface area contributed by atoms with E-state index in [2.05, 4.69) is 4.98 Å². The number of fused-ring (bicyclic) bond motifs is 1. The van der Waals surface area contributed by atoms with Gasteiger partial charge in [0.1, 0.15) is 11.6 Å². The Morgan fingerprint density at radius 1 is 1.00 bits per heavy atom. The third-order valence-corrected chi connectivity index (χ3v) is 5.80. The highest BCUT2D eigenvalue weighted by Crippen LogP contribution is 2.25. The molecule has 1 N–H and O–H groups in total. The van der Waals surface area contributed by atoms with Crippen molar-refractivity contribution in [2.45, 2.75) is 13.3 Å². The van der Waals surface area contributed by atoms with Gasteiger partial charge in [0.05, 0.1) is 17.0 Å². The first-order valence-electron chi connectivity index (χ1n) is 9.62. The molecular formula is C22H20ClF2N3O2. The van der Waals surface area contributed by atoms with Crippen LogP contribution in [0.5, 0.6) is 0 Å². The zero-order valence-corrected chi connectivity index (χ0v) is 17.1. The average Bonchev–Trinajstić information content (AvgIpc) is 3.02. The van der Waals surface area contributed by atoms with Gasteiger partial charge in [0.15, 0.2) is 0 Å². The first-order valence-corrected chi connectivity index (χ1v) is 10.00. The SMILES string of the molecule is Cc1[nH]c2ccc(F)cc2c1CC(=O)N1CCN(C(=O)c2ccc(F)cc2Cl)CC1. The molecule has 156 valence electrons. The van der Waals surface area contributed by atoms with E-state index in [1.54, 1.807) is 15.9 Å². The van der Waals surface area contributed by atoms with E-state index in [0.717, 1.165) is 22.8 Å². The number of aromatic amines is 1. The Hall–Kier alpha value is -2.93. The maximum atomic E-state index is 13.7. The largest absolute Gasteiger partial charge is 0.358 e. The number of amides is 2. The number of H-pyrrole nitrogens is 1. The van der Waals surface area contributed by atoms with Gasteiger partial charge < -0.3 is 14.8 Å². The standard InChI is InChI=1S/C22H20ClF2N3O2/c1-13-17(18-10-14(24)3-5-20(18)26-13)12-21(29)27-6-8-28(9-7-27)22(30)16-4-2-15(25)11-19(16)23/h2-5,10-11,26H,6-9,12H2,1H3. The van der Waals surface area contributed by atoms with E-state index in [9.17, 15) is 18.4 Å². The summed E-state index contributed by atoms with van der Waals surface area (Å²) in [6, 6.07) is 8.16. The number of carbonyl (C=O) groups is 2. The predicted molar refractivity (Wildman–Crippen MR) is 111 cm³/mol. The van der Waals surface area contributed by atoms with Gasteiger partial charge in [0.2, 0.25) is 5.91 Å². The van der Waals surface area contributed by atoms with E-state index in [1.807, 2.05) is 6.92 Å². The normalized spacial score (nSPS) is 14.4. The highest BCUT2D eigenvalue weighted by molar-refractivity contribution is 6.33. The number of benzene rings is 2. The van der Waals surface area contributed by atoms with Crippen LogP contribution in [0.25, 0.3) is 10.9 Å². The molecule has 4 rings (SSSR count). The van der Waals surface area contributed by atoms with Gasteiger partial charge >= 0.3 is 0 Å². The van der Waals surface area contributed by atoms with E-state index in [1.165, 1.54) is 24.3 Å². The highest BCUT2D eigenvalue weighted by atomic mass is 35.5. The molecular weight excluding hydrogens is 412 g/mol. The fourth-order valence-corrected chi connectivity index (χ4v) is 4.09. The Labute approximate surface area is 177 Å². The highest BCUT2D eigenvalue weighted by Gasteiger charge is 2.27. The van der Waals surface area contributed by atoms with Crippen LogP contribution in [0, 0.1) is 18.6 Å². The molecule has 2 heterocycles. The molecule has 0 spiro atoms. The molecule has 0 saturated carbocycles. The molecule has 30 heavy (non-hydrogen) atoms. The van der Waals surface area contributed by atoms with Crippen molar-refractivity contribution in [3.8, 4) is 0 Å². The van der Waals surface area contributed by atoms with Crippen LogP contribution < -0.4 is 0 Å². The number of aryl methyl sites for hydroxylation is 1. The minimum Gasteiger partial charge on any atom is -0.358 e. The zero-order chi connectivity index (χ0) is 21.4. The number of hydrogen-bond donors (Lipinski definition) is 1. The van der Waals surface area contributed by atoms with E-state index in [-0.39, 0.29) is 34.6 Å². The summed E-state index contributed by atoms with van der Waals surface area (Å²) < 4.78 is 26.9. The van der Waals surface area contributed by atoms with Crippen molar-refractivity contribution < 1.29 is 18.4 Å². The molecule has 0 unspecified atom stereocenters. The second-order valence-electron chi connectivity index (χ2n) is 7.39. The molecule has 3 aromatic rings. The summed E-state index contributed by atoms with van der Waals surface area (Å²) in [6.45, 7) is 3.36. The van der Waals surface area contributed by atoms with Gasteiger partial charge in [-0.05, 0) is 48.9 Å². The first-order chi connectivity index (χ1) is 14.3. The molecule has 2 amide bonds. The predicted octanol–water partition coefficient (Wildman–Crippen LogP) is 3.94. The molecule has 0 atom stereocenters. The summed E-state index contributed by atoms with van der Waals surface area (Å²) in [5.41, 5.74) is 2.66. The van der Waals surface area contributed by atoms with Gasteiger partial charge in [0, 0.05) is 42.8 Å². The molecule has 5 nitrogen and oxygen atoms in total. The number of aromatic nitrogens is 1. The Morgan fingerprint density at radius 2 is 1.63 bits per heavy atom. The minimum absolute atomic E-state index is 0.0700. The number of rotatable bonds is 3. The quantitative estimate of drug-likeness (QED) is 0.683. The molecule has 8 heteroatoms. The summed E-state index contributed by atoms with van der Waals surface area (Å²) in [6.07, 6.45) is 0.160. The van der Waals surface area contributed by atoms with Crippen molar-refractivity contribution in [2.24, 2.45) is 0 Å². The van der Waals surface area contributed by atoms with Crippen molar-refractivity contribution in [3.05, 3.63) is 69.9 Å². The number of carbonyl (C=O) groups excluding carboxylic acids is 2. The number of nitrogens with one attached hydrogen (secondary N) is 1. The van der Waals surface area contributed by atoms with Crippen molar-refractivity contribution in [3.63, 3.8) is 0 Å². The Morgan fingerprint density at radius 3 is 2.33 bits per heavy atom. The maximum Gasteiger partial charge on any atom is 0.255 e. The van der Waals surface area contributed by atoms with E-state index in [0.29, 0.717) is 31.6 Å². The van der Waals surface area contributed by atoms with Gasteiger partial charge in [-0.2, -0.15) is 0 Å². The lowest BCUT2D eigenvalue weighted by Gasteiger charge is -2.35. The Balaban J connectivity index is 1.42. The average molecular weight is 432 g/mol. The van der Waals surface area contributed by atoms with Crippen molar-refractivity contribution in [1.82, 2.24) is 14.8 Å². The van der Waals surface area contributed by atoms with Crippen LogP contribution >= 0.6 is 11.6 Å².